The van der Waals surface area contributed by atoms with Gasteiger partial charge in [-0.2, -0.15) is 0 Å². The fraction of sp³-hybridized carbons (Fsp3) is 0.588. The molecule has 1 saturated carbocycles. The molecule has 0 atom stereocenters. The van der Waals surface area contributed by atoms with Crippen LogP contribution in [0.15, 0.2) is 24.3 Å². The summed E-state index contributed by atoms with van der Waals surface area (Å²) in [4.78, 5) is 11.9. The summed E-state index contributed by atoms with van der Waals surface area (Å²) in [7, 11) is 0. The van der Waals surface area contributed by atoms with Crippen molar-refractivity contribution in [3.8, 4) is 5.75 Å². The van der Waals surface area contributed by atoms with Crippen LogP contribution in [-0.4, -0.2) is 19.2 Å². The van der Waals surface area contributed by atoms with Gasteiger partial charge in [-0.05, 0) is 31.4 Å². The number of hydrogen-bond acceptors (Lipinski definition) is 2. The largest absolute Gasteiger partial charge is 0.492 e. The molecule has 0 aromatic heterocycles. The lowest BCUT2D eigenvalue weighted by atomic mass is 9.87. The number of benzene rings is 1. The van der Waals surface area contributed by atoms with Crippen molar-refractivity contribution < 1.29 is 9.53 Å². The lowest BCUT2D eigenvalue weighted by molar-refractivity contribution is 0.249. The molecule has 2 amide bonds. The number of anilines is 1. The molecule has 1 aliphatic carbocycles. The number of carbonyl (C=O) groups excluding carboxylic acids is 1. The van der Waals surface area contributed by atoms with E-state index in [-0.39, 0.29) is 6.03 Å². The van der Waals surface area contributed by atoms with Gasteiger partial charge >= 0.3 is 6.03 Å². The van der Waals surface area contributed by atoms with Gasteiger partial charge in [0.05, 0.1) is 12.3 Å². The summed E-state index contributed by atoms with van der Waals surface area (Å²) in [6.07, 6.45) is 7.78. The Labute approximate surface area is 127 Å². The molecule has 1 fully saturated rings. The quantitative estimate of drug-likeness (QED) is 0.826. The van der Waals surface area contributed by atoms with E-state index in [4.69, 9.17) is 4.74 Å². The van der Waals surface area contributed by atoms with Crippen LogP contribution in [0, 0.1) is 5.92 Å². The highest BCUT2D eigenvalue weighted by molar-refractivity contribution is 5.90. The fourth-order valence-electron chi connectivity index (χ4n) is 2.88. The molecule has 0 bridgehead atoms. The van der Waals surface area contributed by atoms with Crippen molar-refractivity contribution in [1.82, 2.24) is 5.32 Å². The average Bonchev–Trinajstić information content (AvgIpc) is 2.50. The third kappa shape index (κ3) is 5.29. The lowest BCUT2D eigenvalue weighted by Gasteiger charge is -2.21. The molecule has 21 heavy (non-hydrogen) atoms. The molecule has 2 N–H and O–H groups in total. The Kier molecular flexibility index (Phi) is 6.38. The minimum Gasteiger partial charge on any atom is -0.492 e. The van der Waals surface area contributed by atoms with E-state index in [9.17, 15) is 4.79 Å². The maximum Gasteiger partial charge on any atom is 0.319 e. The lowest BCUT2D eigenvalue weighted by Crippen LogP contribution is -2.30. The molecular weight excluding hydrogens is 264 g/mol. The molecule has 0 radical (unpaired) electrons. The molecule has 0 unspecified atom stereocenters. The predicted molar refractivity (Wildman–Crippen MR) is 85.8 cm³/mol. The van der Waals surface area contributed by atoms with E-state index in [1.807, 2.05) is 31.2 Å². The molecule has 0 aliphatic heterocycles. The summed E-state index contributed by atoms with van der Waals surface area (Å²) >= 11 is 0. The molecule has 116 valence electrons. The van der Waals surface area contributed by atoms with Crippen LogP contribution in [0.3, 0.4) is 0 Å². The number of nitrogens with one attached hydrogen (secondary N) is 2. The van der Waals surface area contributed by atoms with Gasteiger partial charge in [-0.25, -0.2) is 4.79 Å². The molecule has 0 heterocycles. The highest BCUT2D eigenvalue weighted by Crippen LogP contribution is 2.26. The maximum atomic E-state index is 11.9. The van der Waals surface area contributed by atoms with Crippen LogP contribution in [-0.2, 0) is 0 Å². The standard InChI is InChI=1S/C17H26N2O2/c1-2-21-16-11-7-6-10-15(16)19-17(20)18-13-12-14-8-4-3-5-9-14/h6-7,10-11,14H,2-5,8-9,12-13H2,1H3,(H2,18,19,20). The highest BCUT2D eigenvalue weighted by atomic mass is 16.5. The second-order valence-corrected chi connectivity index (χ2v) is 5.60. The zero-order chi connectivity index (χ0) is 14.9. The Morgan fingerprint density at radius 2 is 2.00 bits per heavy atom. The van der Waals surface area contributed by atoms with Crippen LogP contribution in [0.1, 0.15) is 45.4 Å². The molecule has 0 spiro atoms. The highest BCUT2D eigenvalue weighted by Gasteiger charge is 2.13. The van der Waals surface area contributed by atoms with Crippen molar-refractivity contribution in [3.63, 3.8) is 0 Å². The first kappa shape index (κ1) is 15.7. The average molecular weight is 290 g/mol. The third-order valence-electron chi connectivity index (χ3n) is 4.00. The summed E-state index contributed by atoms with van der Waals surface area (Å²) < 4.78 is 5.50. The molecule has 1 aliphatic rings. The number of rotatable bonds is 6. The second kappa shape index (κ2) is 8.55. The van der Waals surface area contributed by atoms with Crippen molar-refractivity contribution >= 4 is 11.7 Å². The van der Waals surface area contributed by atoms with Crippen molar-refractivity contribution in [2.75, 3.05) is 18.5 Å². The number of ether oxygens (including phenoxy) is 1. The van der Waals surface area contributed by atoms with E-state index >= 15 is 0 Å². The van der Waals surface area contributed by atoms with E-state index in [1.54, 1.807) is 0 Å². The first-order valence-electron chi connectivity index (χ1n) is 8.06. The van der Waals surface area contributed by atoms with Crippen LogP contribution in [0.25, 0.3) is 0 Å². The van der Waals surface area contributed by atoms with Crippen molar-refractivity contribution in [1.29, 1.82) is 0 Å². The molecule has 1 aromatic rings. The van der Waals surface area contributed by atoms with Crippen molar-refractivity contribution in [3.05, 3.63) is 24.3 Å². The predicted octanol–water partition coefficient (Wildman–Crippen LogP) is 4.18. The van der Waals surface area contributed by atoms with Crippen LogP contribution >= 0.6 is 0 Å². The number of hydrogen-bond donors (Lipinski definition) is 2. The molecular formula is C17H26N2O2. The molecule has 2 rings (SSSR count). The van der Waals surface area contributed by atoms with Gasteiger partial charge in [0.1, 0.15) is 5.75 Å². The molecule has 0 saturated heterocycles. The van der Waals surface area contributed by atoms with Crippen LogP contribution in [0.5, 0.6) is 5.75 Å². The zero-order valence-electron chi connectivity index (χ0n) is 12.9. The number of para-hydroxylation sites is 2. The van der Waals surface area contributed by atoms with E-state index < -0.39 is 0 Å². The second-order valence-electron chi connectivity index (χ2n) is 5.60. The number of carbonyl (C=O) groups is 1. The topological polar surface area (TPSA) is 50.4 Å². The first-order chi connectivity index (χ1) is 10.3. The minimum absolute atomic E-state index is 0.155. The number of amides is 2. The minimum atomic E-state index is -0.155. The summed E-state index contributed by atoms with van der Waals surface area (Å²) in [5.74, 6) is 1.50. The summed E-state index contributed by atoms with van der Waals surface area (Å²) in [6, 6.07) is 7.35. The van der Waals surface area contributed by atoms with Gasteiger partial charge in [0.25, 0.3) is 0 Å². The Bertz CT molecular complexity index is 442. The van der Waals surface area contributed by atoms with Gasteiger partial charge in [0.2, 0.25) is 0 Å². The Hall–Kier alpha value is -1.71. The van der Waals surface area contributed by atoms with Gasteiger partial charge in [0.15, 0.2) is 0 Å². The van der Waals surface area contributed by atoms with E-state index in [1.165, 1.54) is 32.1 Å². The summed E-state index contributed by atoms with van der Waals surface area (Å²) in [6.45, 7) is 3.26. The van der Waals surface area contributed by atoms with E-state index in [0.29, 0.717) is 12.4 Å². The van der Waals surface area contributed by atoms with E-state index in [0.717, 1.165) is 24.6 Å². The zero-order valence-corrected chi connectivity index (χ0v) is 12.9. The van der Waals surface area contributed by atoms with Crippen LogP contribution in [0.2, 0.25) is 0 Å². The monoisotopic (exact) mass is 290 g/mol. The Balaban J connectivity index is 1.73. The van der Waals surface area contributed by atoms with Gasteiger partial charge in [0, 0.05) is 6.54 Å². The Morgan fingerprint density at radius 1 is 1.24 bits per heavy atom. The molecule has 4 heteroatoms. The Morgan fingerprint density at radius 3 is 2.76 bits per heavy atom. The van der Waals surface area contributed by atoms with Crippen LogP contribution in [0.4, 0.5) is 10.5 Å². The van der Waals surface area contributed by atoms with Crippen molar-refractivity contribution in [2.45, 2.75) is 45.4 Å². The fourth-order valence-corrected chi connectivity index (χ4v) is 2.88. The number of urea groups is 1. The van der Waals surface area contributed by atoms with Crippen LogP contribution < -0.4 is 15.4 Å². The van der Waals surface area contributed by atoms with Gasteiger partial charge in [-0.15, -0.1) is 0 Å². The summed E-state index contributed by atoms with van der Waals surface area (Å²) in [5, 5.41) is 5.80. The van der Waals surface area contributed by atoms with E-state index in [2.05, 4.69) is 10.6 Å². The summed E-state index contributed by atoms with van der Waals surface area (Å²) in [5.41, 5.74) is 0.717. The third-order valence-corrected chi connectivity index (χ3v) is 4.00. The van der Waals surface area contributed by atoms with Gasteiger partial charge in [-0.1, -0.05) is 44.2 Å². The molecule has 1 aromatic carbocycles. The maximum absolute atomic E-state index is 11.9. The van der Waals surface area contributed by atoms with Gasteiger partial charge < -0.3 is 15.4 Å². The first-order valence-corrected chi connectivity index (χ1v) is 8.06. The SMILES string of the molecule is CCOc1ccccc1NC(=O)NCCC1CCCCC1. The van der Waals surface area contributed by atoms with Gasteiger partial charge in [-0.3, -0.25) is 0 Å². The normalized spacial score (nSPS) is 15.5. The molecule has 4 nitrogen and oxygen atoms in total. The smallest absolute Gasteiger partial charge is 0.319 e. The van der Waals surface area contributed by atoms with Crippen molar-refractivity contribution in [2.24, 2.45) is 5.92 Å².